The molecule has 0 N–H and O–H groups in total. The summed E-state index contributed by atoms with van der Waals surface area (Å²) in [5, 5.41) is 0. The molecule has 3 aliphatic rings. The predicted octanol–water partition coefficient (Wildman–Crippen LogP) is -0.585. The summed E-state index contributed by atoms with van der Waals surface area (Å²) in [6.07, 6.45) is -2.47. The van der Waals surface area contributed by atoms with Crippen molar-refractivity contribution < 1.29 is 33.3 Å². The second kappa shape index (κ2) is 4.73. The van der Waals surface area contributed by atoms with Gasteiger partial charge in [-0.2, -0.15) is 0 Å². The molecular weight excluding hydrogens is 256 g/mol. The average Bonchev–Trinajstić information content (AvgIpc) is 3.12. The molecule has 6 atom stereocenters. The van der Waals surface area contributed by atoms with Crippen LogP contribution in [0.2, 0.25) is 0 Å². The molecule has 3 fully saturated rings. The Labute approximate surface area is 110 Å². The van der Waals surface area contributed by atoms with E-state index in [2.05, 4.69) is 0 Å². The molecule has 2 heterocycles. The van der Waals surface area contributed by atoms with Gasteiger partial charge in [0.25, 0.3) is 0 Å². The number of hydrogen-bond acceptors (Lipinski definition) is 7. The Hall–Kier alpha value is -1.18. The Balaban J connectivity index is 1.79. The quantitative estimate of drug-likeness (QED) is 0.491. The van der Waals surface area contributed by atoms with Crippen molar-refractivity contribution in [3.8, 4) is 0 Å². The van der Waals surface area contributed by atoms with Crippen molar-refractivity contribution in [2.24, 2.45) is 0 Å². The highest BCUT2D eigenvalue weighted by molar-refractivity contribution is 5.67. The van der Waals surface area contributed by atoms with Gasteiger partial charge < -0.3 is 23.7 Å². The molecule has 7 nitrogen and oxygen atoms in total. The van der Waals surface area contributed by atoms with E-state index in [1.165, 1.54) is 13.8 Å². The van der Waals surface area contributed by atoms with Crippen LogP contribution in [0.5, 0.6) is 0 Å². The molecule has 3 rings (SSSR count). The van der Waals surface area contributed by atoms with Gasteiger partial charge in [0.05, 0.1) is 13.2 Å². The van der Waals surface area contributed by atoms with E-state index in [0.717, 1.165) is 0 Å². The van der Waals surface area contributed by atoms with Gasteiger partial charge in [0.2, 0.25) is 0 Å². The highest BCUT2D eigenvalue weighted by atomic mass is 16.7. The maximum atomic E-state index is 11.2. The normalized spacial score (nSPS) is 43.7. The number of epoxide rings is 1. The lowest BCUT2D eigenvalue weighted by Gasteiger charge is -2.41. The van der Waals surface area contributed by atoms with Crippen molar-refractivity contribution in [2.75, 3.05) is 13.2 Å². The number of hydrogen-bond donors (Lipinski definition) is 0. The molecule has 0 spiro atoms. The first-order valence-corrected chi connectivity index (χ1v) is 6.31. The van der Waals surface area contributed by atoms with Gasteiger partial charge in [-0.05, 0) is 0 Å². The van der Waals surface area contributed by atoms with E-state index in [1.54, 1.807) is 0 Å². The van der Waals surface area contributed by atoms with Crippen LogP contribution in [0.15, 0.2) is 0 Å². The van der Waals surface area contributed by atoms with Crippen LogP contribution in [0.3, 0.4) is 0 Å². The zero-order valence-corrected chi connectivity index (χ0v) is 10.7. The highest BCUT2D eigenvalue weighted by Gasteiger charge is 2.65. The lowest BCUT2D eigenvalue weighted by atomic mass is 9.88. The van der Waals surface area contributed by atoms with Crippen molar-refractivity contribution in [3.05, 3.63) is 0 Å². The predicted molar refractivity (Wildman–Crippen MR) is 59.2 cm³/mol. The van der Waals surface area contributed by atoms with E-state index in [9.17, 15) is 9.59 Å². The van der Waals surface area contributed by atoms with Gasteiger partial charge in [0, 0.05) is 13.8 Å². The van der Waals surface area contributed by atoms with Gasteiger partial charge >= 0.3 is 11.9 Å². The summed E-state index contributed by atoms with van der Waals surface area (Å²) in [6.45, 7) is 3.52. The number of carbonyl (C=O) groups excluding carboxylic acids is 2. The Kier molecular flexibility index (Phi) is 3.20. The van der Waals surface area contributed by atoms with Crippen molar-refractivity contribution in [1.29, 1.82) is 0 Å². The zero-order chi connectivity index (χ0) is 13.6. The topological polar surface area (TPSA) is 83.6 Å². The standard InChI is InChI=1S/C12H16O7/c1-5(13)17-9-7-8(16-4-3-15-7)10(18-6(2)14)12-11(9)19-12/h7-12H,3-4H2,1-2H3/t7-,8+,9+,10-,11+,12-. The highest BCUT2D eigenvalue weighted by Crippen LogP contribution is 2.43. The first kappa shape index (κ1) is 12.8. The average molecular weight is 272 g/mol. The molecule has 0 amide bonds. The molecule has 0 radical (unpaired) electrons. The first-order valence-electron chi connectivity index (χ1n) is 6.31. The summed E-state index contributed by atoms with van der Waals surface area (Å²) in [6, 6.07) is 0. The third-order valence-electron chi connectivity index (χ3n) is 3.49. The second-order valence-corrected chi connectivity index (χ2v) is 4.88. The number of ether oxygens (including phenoxy) is 5. The number of carbonyl (C=O) groups is 2. The van der Waals surface area contributed by atoms with E-state index in [4.69, 9.17) is 23.7 Å². The Morgan fingerprint density at radius 2 is 1.26 bits per heavy atom. The van der Waals surface area contributed by atoms with E-state index in [0.29, 0.717) is 13.2 Å². The zero-order valence-electron chi connectivity index (χ0n) is 10.7. The monoisotopic (exact) mass is 272 g/mol. The molecule has 19 heavy (non-hydrogen) atoms. The fourth-order valence-corrected chi connectivity index (χ4v) is 2.81. The molecule has 2 saturated heterocycles. The summed E-state index contributed by atoms with van der Waals surface area (Å²) in [5.74, 6) is -0.781. The molecule has 0 aromatic heterocycles. The Morgan fingerprint density at radius 1 is 0.842 bits per heavy atom. The van der Waals surface area contributed by atoms with Crippen molar-refractivity contribution in [1.82, 2.24) is 0 Å². The fourth-order valence-electron chi connectivity index (χ4n) is 2.81. The molecule has 7 heteroatoms. The van der Waals surface area contributed by atoms with Crippen LogP contribution < -0.4 is 0 Å². The van der Waals surface area contributed by atoms with Crippen LogP contribution in [0.4, 0.5) is 0 Å². The third-order valence-corrected chi connectivity index (χ3v) is 3.49. The van der Waals surface area contributed by atoms with E-state index in [1.807, 2.05) is 0 Å². The SMILES string of the molecule is CC(=O)O[C@@H]1[C@H]2OCCO[C@H]2[C@H](OC(C)=O)[C@@H]2O[C@H]12. The van der Waals surface area contributed by atoms with Crippen LogP contribution in [-0.4, -0.2) is 61.8 Å². The van der Waals surface area contributed by atoms with Crippen LogP contribution in [0, 0.1) is 0 Å². The smallest absolute Gasteiger partial charge is 0.303 e. The Morgan fingerprint density at radius 3 is 1.63 bits per heavy atom. The molecule has 1 aliphatic carbocycles. The second-order valence-electron chi connectivity index (χ2n) is 4.88. The Bertz CT molecular complexity index is 360. The molecular formula is C12H16O7. The fraction of sp³-hybridized carbons (Fsp3) is 0.833. The van der Waals surface area contributed by atoms with Gasteiger partial charge in [0.1, 0.15) is 24.4 Å². The van der Waals surface area contributed by atoms with E-state index in [-0.39, 0.29) is 12.2 Å². The summed E-state index contributed by atoms with van der Waals surface area (Å²) in [7, 11) is 0. The molecule has 2 aliphatic heterocycles. The summed E-state index contributed by atoms with van der Waals surface area (Å²) in [5.41, 5.74) is 0. The molecule has 0 aromatic rings. The van der Waals surface area contributed by atoms with Crippen LogP contribution in [-0.2, 0) is 33.3 Å². The number of esters is 2. The van der Waals surface area contributed by atoms with Gasteiger partial charge in [-0.25, -0.2) is 0 Å². The van der Waals surface area contributed by atoms with Gasteiger partial charge in [-0.3, -0.25) is 9.59 Å². The minimum absolute atomic E-state index is 0.281. The molecule has 106 valence electrons. The summed E-state index contributed by atoms with van der Waals surface area (Å²) >= 11 is 0. The third kappa shape index (κ3) is 2.33. The maximum absolute atomic E-state index is 11.2. The maximum Gasteiger partial charge on any atom is 0.303 e. The van der Waals surface area contributed by atoms with E-state index >= 15 is 0 Å². The first-order chi connectivity index (χ1) is 9.08. The summed E-state index contributed by atoms with van der Waals surface area (Å²) < 4.78 is 27.3. The molecule has 0 bridgehead atoms. The van der Waals surface area contributed by atoms with Crippen LogP contribution in [0.25, 0.3) is 0 Å². The van der Waals surface area contributed by atoms with Crippen molar-refractivity contribution in [2.45, 2.75) is 50.5 Å². The van der Waals surface area contributed by atoms with Gasteiger partial charge in [-0.1, -0.05) is 0 Å². The van der Waals surface area contributed by atoms with Crippen LogP contribution in [0.1, 0.15) is 13.8 Å². The van der Waals surface area contributed by atoms with E-state index < -0.39 is 36.4 Å². The molecule has 0 aromatic carbocycles. The van der Waals surface area contributed by atoms with Crippen molar-refractivity contribution in [3.63, 3.8) is 0 Å². The van der Waals surface area contributed by atoms with Gasteiger partial charge in [0.15, 0.2) is 12.2 Å². The van der Waals surface area contributed by atoms with Crippen LogP contribution >= 0.6 is 0 Å². The van der Waals surface area contributed by atoms with Crippen molar-refractivity contribution >= 4 is 11.9 Å². The lowest BCUT2D eigenvalue weighted by molar-refractivity contribution is -0.227. The minimum atomic E-state index is -0.500. The number of rotatable bonds is 2. The largest absolute Gasteiger partial charge is 0.457 e. The lowest BCUT2D eigenvalue weighted by Crippen LogP contribution is -2.60. The summed E-state index contributed by atoms with van der Waals surface area (Å²) in [4.78, 5) is 22.3. The molecule has 0 unspecified atom stereocenters. The van der Waals surface area contributed by atoms with Gasteiger partial charge in [-0.15, -0.1) is 0 Å². The minimum Gasteiger partial charge on any atom is -0.457 e. The molecule has 1 saturated carbocycles. The number of fused-ring (bicyclic) bond motifs is 2.